The van der Waals surface area contributed by atoms with Gasteiger partial charge in [0.25, 0.3) is 0 Å². The molecule has 1 fully saturated rings. The molecule has 6 nitrogen and oxygen atoms in total. The van der Waals surface area contributed by atoms with Crippen LogP contribution in [-0.4, -0.2) is 43.1 Å². The molecule has 2 rings (SSSR count). The second-order valence-electron chi connectivity index (χ2n) is 5.63. The van der Waals surface area contributed by atoms with Crippen LogP contribution in [0.15, 0.2) is 24.3 Å². The number of nitrogens with zero attached hydrogens (tertiary/aromatic N) is 1. The van der Waals surface area contributed by atoms with Gasteiger partial charge in [-0.05, 0) is 50.6 Å². The van der Waals surface area contributed by atoms with Crippen molar-refractivity contribution in [3.63, 3.8) is 0 Å². The van der Waals surface area contributed by atoms with Gasteiger partial charge in [0.1, 0.15) is 0 Å². The van der Waals surface area contributed by atoms with Crippen molar-refractivity contribution in [2.75, 3.05) is 31.6 Å². The van der Waals surface area contributed by atoms with Gasteiger partial charge in [-0.15, -0.1) is 0 Å². The Kier molecular flexibility index (Phi) is 6.87. The number of hydrogen-bond acceptors (Lipinski definition) is 4. The zero-order valence-electron chi connectivity index (χ0n) is 13.6. The number of benzene rings is 1. The fourth-order valence-corrected chi connectivity index (χ4v) is 2.63. The molecule has 23 heavy (non-hydrogen) atoms. The van der Waals surface area contributed by atoms with Crippen molar-refractivity contribution in [3.05, 3.63) is 29.8 Å². The highest BCUT2D eigenvalue weighted by molar-refractivity contribution is 5.91. The standard InChI is InChI=1S/C17H25N3O3/c1-2-23-17(22)18-9-8-16(21)19-15-7-5-6-14(12-15)13-20-10-3-4-11-20/h5-7,12H,2-4,8-11,13H2,1H3,(H,18,22)(H,19,21). The first-order valence-electron chi connectivity index (χ1n) is 8.19. The first-order valence-corrected chi connectivity index (χ1v) is 8.19. The highest BCUT2D eigenvalue weighted by Crippen LogP contribution is 2.16. The molecule has 1 aliphatic heterocycles. The summed E-state index contributed by atoms with van der Waals surface area (Å²) in [5, 5.41) is 5.39. The van der Waals surface area contributed by atoms with Crippen molar-refractivity contribution < 1.29 is 14.3 Å². The molecule has 1 saturated heterocycles. The fourth-order valence-electron chi connectivity index (χ4n) is 2.63. The minimum atomic E-state index is -0.493. The predicted octanol–water partition coefficient (Wildman–Crippen LogP) is 2.36. The van der Waals surface area contributed by atoms with Gasteiger partial charge in [0.05, 0.1) is 6.61 Å². The van der Waals surface area contributed by atoms with Crippen molar-refractivity contribution in [1.82, 2.24) is 10.2 Å². The predicted molar refractivity (Wildman–Crippen MR) is 89.2 cm³/mol. The van der Waals surface area contributed by atoms with Gasteiger partial charge < -0.3 is 15.4 Å². The van der Waals surface area contributed by atoms with E-state index in [4.69, 9.17) is 4.74 Å². The van der Waals surface area contributed by atoms with E-state index in [1.54, 1.807) is 6.92 Å². The van der Waals surface area contributed by atoms with Crippen LogP contribution in [0.5, 0.6) is 0 Å². The van der Waals surface area contributed by atoms with Crippen LogP contribution in [-0.2, 0) is 16.1 Å². The molecule has 0 bridgehead atoms. The van der Waals surface area contributed by atoms with Crippen LogP contribution in [0.4, 0.5) is 10.5 Å². The third-order valence-electron chi connectivity index (χ3n) is 3.71. The highest BCUT2D eigenvalue weighted by atomic mass is 16.5. The molecule has 126 valence electrons. The highest BCUT2D eigenvalue weighted by Gasteiger charge is 2.12. The summed E-state index contributed by atoms with van der Waals surface area (Å²) in [5.41, 5.74) is 2.00. The van der Waals surface area contributed by atoms with E-state index in [1.165, 1.54) is 18.4 Å². The lowest BCUT2D eigenvalue weighted by molar-refractivity contribution is -0.116. The quantitative estimate of drug-likeness (QED) is 0.809. The summed E-state index contributed by atoms with van der Waals surface area (Å²) < 4.78 is 4.73. The number of likely N-dealkylation sites (tertiary alicyclic amines) is 1. The molecule has 2 amide bonds. The SMILES string of the molecule is CCOC(=O)NCCC(=O)Nc1cccc(CN2CCCC2)c1. The number of hydrogen-bond donors (Lipinski definition) is 2. The average molecular weight is 319 g/mol. The van der Waals surface area contributed by atoms with E-state index < -0.39 is 6.09 Å². The van der Waals surface area contributed by atoms with Gasteiger partial charge in [-0.1, -0.05) is 12.1 Å². The first kappa shape index (κ1) is 17.3. The van der Waals surface area contributed by atoms with Crippen LogP contribution < -0.4 is 10.6 Å². The van der Waals surface area contributed by atoms with Crippen LogP contribution >= 0.6 is 0 Å². The second kappa shape index (κ2) is 9.15. The molecule has 6 heteroatoms. The van der Waals surface area contributed by atoms with Crippen molar-refractivity contribution in [2.45, 2.75) is 32.7 Å². The molecule has 0 radical (unpaired) electrons. The Morgan fingerprint density at radius 3 is 2.78 bits per heavy atom. The van der Waals surface area contributed by atoms with E-state index in [1.807, 2.05) is 18.2 Å². The largest absolute Gasteiger partial charge is 0.450 e. The lowest BCUT2D eigenvalue weighted by atomic mass is 10.2. The maximum absolute atomic E-state index is 11.9. The number of ether oxygens (including phenoxy) is 1. The van der Waals surface area contributed by atoms with Crippen molar-refractivity contribution in [2.24, 2.45) is 0 Å². The fraction of sp³-hybridized carbons (Fsp3) is 0.529. The van der Waals surface area contributed by atoms with Gasteiger partial charge in [-0.25, -0.2) is 4.79 Å². The lowest BCUT2D eigenvalue weighted by Crippen LogP contribution is -2.28. The summed E-state index contributed by atoms with van der Waals surface area (Å²) >= 11 is 0. The molecule has 0 saturated carbocycles. The Hall–Kier alpha value is -2.08. The van der Waals surface area contributed by atoms with Crippen LogP contribution in [0.3, 0.4) is 0 Å². The Labute approximate surface area is 137 Å². The molecule has 0 unspecified atom stereocenters. The lowest BCUT2D eigenvalue weighted by Gasteiger charge is -2.15. The van der Waals surface area contributed by atoms with Gasteiger partial charge in [0.2, 0.25) is 5.91 Å². The molecule has 0 atom stereocenters. The molecule has 1 aromatic carbocycles. The number of carbonyl (C=O) groups is 2. The number of rotatable bonds is 7. The smallest absolute Gasteiger partial charge is 0.407 e. The van der Waals surface area contributed by atoms with Crippen molar-refractivity contribution in [1.29, 1.82) is 0 Å². The van der Waals surface area contributed by atoms with E-state index in [2.05, 4.69) is 21.6 Å². The van der Waals surface area contributed by atoms with Gasteiger partial charge >= 0.3 is 6.09 Å². The zero-order valence-corrected chi connectivity index (χ0v) is 13.6. The minimum Gasteiger partial charge on any atom is -0.450 e. The average Bonchev–Trinajstić information content (AvgIpc) is 3.01. The number of alkyl carbamates (subject to hydrolysis) is 1. The molecular formula is C17H25N3O3. The molecule has 0 aromatic heterocycles. The maximum atomic E-state index is 11.9. The number of anilines is 1. The maximum Gasteiger partial charge on any atom is 0.407 e. The second-order valence-corrected chi connectivity index (χ2v) is 5.63. The van der Waals surface area contributed by atoms with E-state index >= 15 is 0 Å². The summed E-state index contributed by atoms with van der Waals surface area (Å²) in [5.74, 6) is -0.125. The summed E-state index contributed by atoms with van der Waals surface area (Å²) in [6, 6.07) is 7.92. The van der Waals surface area contributed by atoms with Gasteiger partial charge in [-0.2, -0.15) is 0 Å². The van der Waals surface area contributed by atoms with E-state index in [0.717, 1.165) is 25.3 Å². The Morgan fingerprint density at radius 2 is 2.04 bits per heavy atom. The third-order valence-corrected chi connectivity index (χ3v) is 3.71. The van der Waals surface area contributed by atoms with Crippen LogP contribution in [0.2, 0.25) is 0 Å². The van der Waals surface area contributed by atoms with Crippen LogP contribution in [0.25, 0.3) is 0 Å². The van der Waals surface area contributed by atoms with Gasteiger partial charge in [-0.3, -0.25) is 9.69 Å². The molecular weight excluding hydrogens is 294 g/mol. The van der Waals surface area contributed by atoms with Gasteiger partial charge in [0, 0.05) is 25.2 Å². The Balaban J connectivity index is 1.75. The zero-order chi connectivity index (χ0) is 16.5. The van der Waals surface area contributed by atoms with Crippen molar-refractivity contribution >= 4 is 17.7 Å². The van der Waals surface area contributed by atoms with E-state index in [0.29, 0.717) is 6.61 Å². The first-order chi connectivity index (χ1) is 11.2. The molecule has 2 N–H and O–H groups in total. The topological polar surface area (TPSA) is 70.7 Å². The molecule has 1 heterocycles. The summed E-state index contributed by atoms with van der Waals surface area (Å²) in [7, 11) is 0. The van der Waals surface area contributed by atoms with Crippen molar-refractivity contribution in [3.8, 4) is 0 Å². The number of carbonyl (C=O) groups excluding carboxylic acids is 2. The van der Waals surface area contributed by atoms with Crippen LogP contribution in [0, 0.1) is 0 Å². The Morgan fingerprint density at radius 1 is 1.26 bits per heavy atom. The molecule has 1 aliphatic rings. The monoisotopic (exact) mass is 319 g/mol. The van der Waals surface area contributed by atoms with Crippen LogP contribution in [0.1, 0.15) is 31.7 Å². The summed E-state index contributed by atoms with van der Waals surface area (Å²) in [6.07, 6.45) is 2.26. The number of amides is 2. The summed E-state index contributed by atoms with van der Waals surface area (Å²) in [6.45, 7) is 5.54. The molecule has 0 spiro atoms. The van der Waals surface area contributed by atoms with E-state index in [-0.39, 0.29) is 18.9 Å². The normalized spacial score (nSPS) is 14.5. The Bertz CT molecular complexity index is 528. The van der Waals surface area contributed by atoms with Gasteiger partial charge in [0.15, 0.2) is 0 Å². The molecule has 1 aromatic rings. The molecule has 0 aliphatic carbocycles. The number of nitrogens with one attached hydrogen (secondary N) is 2. The van der Waals surface area contributed by atoms with E-state index in [9.17, 15) is 9.59 Å². The third kappa shape index (κ3) is 6.28. The minimum absolute atomic E-state index is 0.125. The summed E-state index contributed by atoms with van der Waals surface area (Å²) in [4.78, 5) is 25.4.